The summed E-state index contributed by atoms with van der Waals surface area (Å²) in [6.07, 6.45) is 1.05. The van der Waals surface area contributed by atoms with Gasteiger partial charge in [0.2, 0.25) is 0 Å². The van der Waals surface area contributed by atoms with Crippen molar-refractivity contribution in [2.75, 3.05) is 7.11 Å². The van der Waals surface area contributed by atoms with Gasteiger partial charge >= 0.3 is 0 Å². The van der Waals surface area contributed by atoms with Crippen LogP contribution in [-0.2, 0) is 6.42 Å². The van der Waals surface area contributed by atoms with E-state index in [1.807, 2.05) is 24.3 Å². The van der Waals surface area contributed by atoms with Crippen molar-refractivity contribution in [1.29, 1.82) is 0 Å². The van der Waals surface area contributed by atoms with Gasteiger partial charge in [0.1, 0.15) is 5.75 Å². The van der Waals surface area contributed by atoms with E-state index in [1.54, 1.807) is 7.11 Å². The molecule has 94 valence electrons. The van der Waals surface area contributed by atoms with Crippen LogP contribution in [0.3, 0.4) is 0 Å². The lowest BCUT2D eigenvalue weighted by Gasteiger charge is -2.11. The van der Waals surface area contributed by atoms with Crippen molar-refractivity contribution in [3.05, 3.63) is 65.2 Å². The topological polar surface area (TPSA) is 9.23 Å². The maximum atomic E-state index is 6.48. The van der Waals surface area contributed by atoms with Gasteiger partial charge in [0.05, 0.1) is 12.5 Å². The number of benzene rings is 2. The van der Waals surface area contributed by atoms with Crippen molar-refractivity contribution in [1.82, 2.24) is 0 Å². The highest BCUT2D eigenvalue weighted by Gasteiger charge is 2.10. The van der Waals surface area contributed by atoms with E-state index in [-0.39, 0.29) is 5.38 Å². The van der Waals surface area contributed by atoms with Gasteiger partial charge in [-0.3, -0.25) is 0 Å². The third-order valence-corrected chi connectivity index (χ3v) is 3.59. The van der Waals surface area contributed by atoms with Crippen LogP contribution >= 0.6 is 11.6 Å². The molecule has 0 aliphatic rings. The van der Waals surface area contributed by atoms with E-state index in [1.165, 1.54) is 5.56 Å². The second-order valence-corrected chi connectivity index (χ2v) is 4.67. The van der Waals surface area contributed by atoms with Crippen LogP contribution in [0, 0.1) is 0 Å². The number of aryl methyl sites for hydroxylation is 1. The summed E-state index contributed by atoms with van der Waals surface area (Å²) in [6.45, 7) is 2.15. The average Bonchev–Trinajstić information content (AvgIpc) is 2.47. The molecular weight excluding hydrogens is 244 g/mol. The zero-order chi connectivity index (χ0) is 13.0. The Hall–Kier alpha value is -1.47. The van der Waals surface area contributed by atoms with Crippen LogP contribution in [0.2, 0.25) is 0 Å². The van der Waals surface area contributed by atoms with E-state index in [9.17, 15) is 0 Å². The molecule has 0 amide bonds. The summed E-state index contributed by atoms with van der Waals surface area (Å²) in [4.78, 5) is 0. The lowest BCUT2D eigenvalue weighted by molar-refractivity contribution is 0.414. The molecule has 1 atom stereocenters. The number of hydrogen-bond donors (Lipinski definition) is 0. The van der Waals surface area contributed by atoms with Crippen LogP contribution in [0.4, 0.5) is 0 Å². The van der Waals surface area contributed by atoms with Crippen LogP contribution in [0.15, 0.2) is 48.5 Å². The Balaban J connectivity index is 2.20. The van der Waals surface area contributed by atoms with Crippen LogP contribution in [-0.4, -0.2) is 7.11 Å². The second-order valence-electron chi connectivity index (χ2n) is 4.23. The summed E-state index contributed by atoms with van der Waals surface area (Å²) in [5.41, 5.74) is 3.54. The molecule has 0 saturated heterocycles. The zero-order valence-electron chi connectivity index (χ0n) is 10.7. The number of halogens is 1. The van der Waals surface area contributed by atoms with Crippen LogP contribution in [0.1, 0.15) is 29.0 Å². The Morgan fingerprint density at radius 1 is 0.944 bits per heavy atom. The normalized spacial score (nSPS) is 12.2. The Morgan fingerprint density at radius 3 is 1.89 bits per heavy atom. The molecule has 0 radical (unpaired) electrons. The molecule has 2 rings (SSSR count). The van der Waals surface area contributed by atoms with E-state index in [2.05, 4.69) is 31.2 Å². The fourth-order valence-corrected chi connectivity index (χ4v) is 2.18. The molecule has 0 aromatic heterocycles. The summed E-state index contributed by atoms with van der Waals surface area (Å²) < 4.78 is 5.14. The molecule has 1 unspecified atom stereocenters. The van der Waals surface area contributed by atoms with Crippen molar-refractivity contribution in [3.63, 3.8) is 0 Å². The Kier molecular flexibility index (Phi) is 4.27. The first-order valence-corrected chi connectivity index (χ1v) is 6.55. The average molecular weight is 261 g/mol. The number of ether oxygens (including phenoxy) is 1. The van der Waals surface area contributed by atoms with Gasteiger partial charge in [0.15, 0.2) is 0 Å². The summed E-state index contributed by atoms with van der Waals surface area (Å²) >= 11 is 6.48. The Labute approximate surface area is 113 Å². The number of rotatable bonds is 4. The predicted octanol–water partition coefficient (Wildman–Crippen LogP) is 4.59. The smallest absolute Gasteiger partial charge is 0.118 e. The van der Waals surface area contributed by atoms with Crippen molar-refractivity contribution in [2.45, 2.75) is 18.7 Å². The van der Waals surface area contributed by atoms with Crippen LogP contribution in [0.25, 0.3) is 0 Å². The molecule has 0 spiro atoms. The van der Waals surface area contributed by atoms with Gasteiger partial charge in [-0.1, -0.05) is 43.3 Å². The summed E-state index contributed by atoms with van der Waals surface area (Å²) in [5.74, 6) is 0.851. The van der Waals surface area contributed by atoms with E-state index in [0.29, 0.717) is 0 Å². The van der Waals surface area contributed by atoms with Crippen molar-refractivity contribution < 1.29 is 4.74 Å². The molecule has 2 aromatic carbocycles. The van der Waals surface area contributed by atoms with E-state index < -0.39 is 0 Å². The molecule has 0 aliphatic heterocycles. The first-order chi connectivity index (χ1) is 8.74. The number of methoxy groups -OCH3 is 1. The molecule has 0 N–H and O–H groups in total. The van der Waals surface area contributed by atoms with E-state index >= 15 is 0 Å². The number of hydrogen-bond acceptors (Lipinski definition) is 1. The van der Waals surface area contributed by atoms with E-state index in [4.69, 9.17) is 16.3 Å². The molecule has 0 heterocycles. The second kappa shape index (κ2) is 5.92. The first-order valence-electron chi connectivity index (χ1n) is 6.11. The highest BCUT2D eigenvalue weighted by atomic mass is 35.5. The largest absolute Gasteiger partial charge is 0.497 e. The molecule has 0 saturated carbocycles. The third-order valence-electron chi connectivity index (χ3n) is 3.09. The highest BCUT2D eigenvalue weighted by molar-refractivity contribution is 6.22. The summed E-state index contributed by atoms with van der Waals surface area (Å²) in [6, 6.07) is 16.3. The maximum absolute atomic E-state index is 6.48. The Bertz CT molecular complexity index is 440. The maximum Gasteiger partial charge on any atom is 0.118 e. The molecular formula is C16H17ClO. The van der Waals surface area contributed by atoms with Gasteiger partial charge < -0.3 is 4.74 Å². The predicted molar refractivity (Wildman–Crippen MR) is 76.5 cm³/mol. The summed E-state index contributed by atoms with van der Waals surface area (Å²) in [5, 5.41) is -0.109. The molecule has 0 fully saturated rings. The standard InChI is InChI=1S/C16H17ClO/c1-3-12-4-6-13(7-5-12)16(17)14-8-10-15(18-2)11-9-14/h4-11,16H,3H2,1-2H3. The van der Waals surface area contributed by atoms with Gasteiger partial charge in [-0.15, -0.1) is 11.6 Å². The minimum atomic E-state index is -0.109. The molecule has 18 heavy (non-hydrogen) atoms. The minimum Gasteiger partial charge on any atom is -0.497 e. The molecule has 2 aromatic rings. The lowest BCUT2D eigenvalue weighted by Crippen LogP contribution is -1.94. The van der Waals surface area contributed by atoms with Gasteiger partial charge in [-0.2, -0.15) is 0 Å². The highest BCUT2D eigenvalue weighted by Crippen LogP contribution is 2.29. The fourth-order valence-electron chi connectivity index (χ4n) is 1.89. The number of alkyl halides is 1. The third kappa shape index (κ3) is 2.85. The van der Waals surface area contributed by atoms with Crippen molar-refractivity contribution in [2.24, 2.45) is 0 Å². The SMILES string of the molecule is CCc1ccc(C(Cl)c2ccc(OC)cc2)cc1. The molecule has 0 aliphatic carbocycles. The van der Waals surface area contributed by atoms with Crippen LogP contribution in [0.5, 0.6) is 5.75 Å². The Morgan fingerprint density at radius 2 is 1.44 bits per heavy atom. The van der Waals surface area contributed by atoms with Gasteiger partial charge in [0.25, 0.3) is 0 Å². The van der Waals surface area contributed by atoms with Crippen LogP contribution < -0.4 is 4.74 Å². The van der Waals surface area contributed by atoms with E-state index in [0.717, 1.165) is 23.3 Å². The van der Waals surface area contributed by atoms with Crippen molar-refractivity contribution in [3.8, 4) is 5.75 Å². The first kappa shape index (κ1) is 13.0. The fraction of sp³-hybridized carbons (Fsp3) is 0.250. The lowest BCUT2D eigenvalue weighted by atomic mass is 10.0. The zero-order valence-corrected chi connectivity index (χ0v) is 11.4. The minimum absolute atomic E-state index is 0.109. The quantitative estimate of drug-likeness (QED) is 0.731. The van der Waals surface area contributed by atoms with Gasteiger partial charge in [-0.05, 0) is 35.2 Å². The van der Waals surface area contributed by atoms with Gasteiger partial charge in [-0.25, -0.2) is 0 Å². The molecule has 2 heteroatoms. The summed E-state index contributed by atoms with van der Waals surface area (Å²) in [7, 11) is 1.66. The molecule has 1 nitrogen and oxygen atoms in total. The van der Waals surface area contributed by atoms with Crippen molar-refractivity contribution >= 4 is 11.6 Å². The van der Waals surface area contributed by atoms with Gasteiger partial charge in [0, 0.05) is 0 Å². The molecule has 0 bridgehead atoms. The monoisotopic (exact) mass is 260 g/mol.